The van der Waals surface area contributed by atoms with E-state index in [4.69, 9.17) is 0 Å². The number of benzene rings is 2. The Balaban J connectivity index is 1.52. The van der Waals surface area contributed by atoms with Gasteiger partial charge in [-0.2, -0.15) is 0 Å². The first kappa shape index (κ1) is 17.9. The van der Waals surface area contributed by atoms with E-state index in [0.29, 0.717) is 17.7 Å². The molecule has 0 spiro atoms. The molecular weight excluding hydrogens is 328 g/mol. The molecule has 26 heavy (non-hydrogen) atoms. The van der Waals surface area contributed by atoms with E-state index in [1.165, 1.54) is 12.5 Å². The van der Waals surface area contributed by atoms with Crippen molar-refractivity contribution in [2.75, 3.05) is 10.6 Å². The standard InChI is InChI=1S/C21H22N2O3/c1-3-14-4-8-16(9-5-14)22-20(25)18-12-19(18)21(26)23-17-10-6-15(7-11-17)13(2)24/h4-11,18-19H,3,12H2,1-2H3,(H,22,25)(H,23,26). The number of Topliss-reactive ketones (excluding diaryl/α,β-unsaturated/α-hetero) is 1. The lowest BCUT2D eigenvalue weighted by molar-refractivity contribution is -0.122. The van der Waals surface area contributed by atoms with E-state index >= 15 is 0 Å². The van der Waals surface area contributed by atoms with Crippen molar-refractivity contribution in [1.29, 1.82) is 0 Å². The molecule has 2 N–H and O–H groups in total. The van der Waals surface area contributed by atoms with Gasteiger partial charge in [-0.1, -0.05) is 19.1 Å². The van der Waals surface area contributed by atoms with E-state index in [2.05, 4.69) is 17.6 Å². The number of aryl methyl sites for hydroxylation is 1. The highest BCUT2D eigenvalue weighted by Gasteiger charge is 2.48. The number of ketones is 1. The van der Waals surface area contributed by atoms with Crippen LogP contribution in [0.1, 0.15) is 36.2 Å². The van der Waals surface area contributed by atoms with Crippen LogP contribution < -0.4 is 10.6 Å². The third-order valence-electron chi connectivity index (χ3n) is 4.65. The Morgan fingerprint density at radius 3 is 1.73 bits per heavy atom. The lowest BCUT2D eigenvalue weighted by Crippen LogP contribution is -2.20. The highest BCUT2D eigenvalue weighted by molar-refractivity contribution is 6.03. The number of rotatable bonds is 6. The van der Waals surface area contributed by atoms with Crippen molar-refractivity contribution >= 4 is 29.0 Å². The molecule has 5 heteroatoms. The fourth-order valence-corrected chi connectivity index (χ4v) is 2.86. The number of carbonyl (C=O) groups excluding carboxylic acids is 3. The number of nitrogens with one attached hydrogen (secondary N) is 2. The second-order valence-corrected chi connectivity index (χ2v) is 6.61. The minimum Gasteiger partial charge on any atom is -0.326 e. The molecule has 5 nitrogen and oxygen atoms in total. The van der Waals surface area contributed by atoms with Crippen molar-refractivity contribution in [2.24, 2.45) is 11.8 Å². The molecular formula is C21H22N2O3. The van der Waals surface area contributed by atoms with E-state index in [1.54, 1.807) is 24.3 Å². The van der Waals surface area contributed by atoms with Crippen molar-refractivity contribution in [3.8, 4) is 0 Å². The highest BCUT2D eigenvalue weighted by atomic mass is 16.2. The van der Waals surface area contributed by atoms with Crippen molar-refractivity contribution in [1.82, 2.24) is 0 Å². The molecule has 0 saturated heterocycles. The Morgan fingerprint density at radius 2 is 1.31 bits per heavy atom. The molecule has 0 aromatic heterocycles. The molecule has 1 aliphatic rings. The Labute approximate surface area is 152 Å². The maximum absolute atomic E-state index is 12.3. The summed E-state index contributed by atoms with van der Waals surface area (Å²) in [5.74, 6) is -0.910. The van der Waals surface area contributed by atoms with Crippen LogP contribution >= 0.6 is 0 Å². The Hall–Kier alpha value is -2.95. The first-order chi connectivity index (χ1) is 12.5. The third kappa shape index (κ3) is 4.17. The van der Waals surface area contributed by atoms with E-state index < -0.39 is 0 Å². The highest BCUT2D eigenvalue weighted by Crippen LogP contribution is 2.40. The predicted molar refractivity (Wildman–Crippen MR) is 101 cm³/mol. The molecule has 0 heterocycles. The molecule has 2 aromatic carbocycles. The first-order valence-electron chi connectivity index (χ1n) is 8.79. The first-order valence-corrected chi connectivity index (χ1v) is 8.79. The minimum atomic E-state index is -0.308. The average Bonchev–Trinajstić information content (AvgIpc) is 3.44. The predicted octanol–water partition coefficient (Wildman–Crippen LogP) is 3.66. The SMILES string of the molecule is CCc1ccc(NC(=O)C2CC2C(=O)Nc2ccc(C(C)=O)cc2)cc1. The second kappa shape index (κ2) is 7.52. The Bertz CT molecular complexity index is 825. The molecule has 2 unspecified atom stereocenters. The number of carbonyl (C=O) groups is 3. The Morgan fingerprint density at radius 1 is 0.846 bits per heavy atom. The van der Waals surface area contributed by atoms with Crippen LogP contribution in [0.15, 0.2) is 48.5 Å². The fourth-order valence-electron chi connectivity index (χ4n) is 2.86. The molecule has 0 radical (unpaired) electrons. The smallest absolute Gasteiger partial charge is 0.228 e. The summed E-state index contributed by atoms with van der Waals surface area (Å²) in [4.78, 5) is 35.8. The third-order valence-corrected chi connectivity index (χ3v) is 4.65. The summed E-state index contributed by atoms with van der Waals surface area (Å²) in [6, 6.07) is 14.5. The number of hydrogen-bond donors (Lipinski definition) is 2. The molecule has 1 aliphatic carbocycles. The van der Waals surface area contributed by atoms with Gasteiger partial charge in [0.25, 0.3) is 0 Å². The van der Waals surface area contributed by atoms with E-state index in [1.807, 2.05) is 24.3 Å². The van der Waals surface area contributed by atoms with Gasteiger partial charge in [-0.15, -0.1) is 0 Å². The molecule has 134 valence electrons. The van der Waals surface area contributed by atoms with Gasteiger partial charge in [-0.05, 0) is 61.7 Å². The Kier molecular flexibility index (Phi) is 5.16. The van der Waals surface area contributed by atoms with Gasteiger partial charge in [0.05, 0.1) is 11.8 Å². The van der Waals surface area contributed by atoms with Crippen molar-refractivity contribution in [3.63, 3.8) is 0 Å². The maximum Gasteiger partial charge on any atom is 0.228 e. The van der Waals surface area contributed by atoms with Gasteiger partial charge in [-0.3, -0.25) is 14.4 Å². The summed E-state index contributed by atoms with van der Waals surface area (Å²) < 4.78 is 0. The summed E-state index contributed by atoms with van der Waals surface area (Å²) >= 11 is 0. The van der Waals surface area contributed by atoms with Gasteiger partial charge in [-0.25, -0.2) is 0 Å². The second-order valence-electron chi connectivity index (χ2n) is 6.61. The van der Waals surface area contributed by atoms with Crippen LogP contribution in [-0.2, 0) is 16.0 Å². The van der Waals surface area contributed by atoms with Gasteiger partial charge in [0.2, 0.25) is 11.8 Å². The molecule has 2 atom stereocenters. The average molecular weight is 350 g/mol. The lowest BCUT2D eigenvalue weighted by atomic mass is 10.1. The van der Waals surface area contributed by atoms with Crippen LogP contribution in [0.2, 0.25) is 0 Å². The number of anilines is 2. The van der Waals surface area contributed by atoms with Gasteiger partial charge < -0.3 is 10.6 Å². The van der Waals surface area contributed by atoms with E-state index in [0.717, 1.165) is 12.1 Å². The zero-order chi connectivity index (χ0) is 18.7. The van der Waals surface area contributed by atoms with Gasteiger partial charge in [0, 0.05) is 16.9 Å². The minimum absolute atomic E-state index is 0.0197. The maximum atomic E-state index is 12.3. The molecule has 2 aromatic rings. The van der Waals surface area contributed by atoms with Crippen LogP contribution in [0.5, 0.6) is 0 Å². The van der Waals surface area contributed by atoms with Crippen molar-refractivity contribution in [2.45, 2.75) is 26.7 Å². The topological polar surface area (TPSA) is 75.3 Å². The summed E-state index contributed by atoms with van der Waals surface area (Å²) in [5.41, 5.74) is 3.18. The van der Waals surface area contributed by atoms with E-state index in [9.17, 15) is 14.4 Å². The summed E-state index contributed by atoms with van der Waals surface area (Å²) in [6.45, 7) is 3.57. The van der Waals surface area contributed by atoms with Crippen LogP contribution in [0.25, 0.3) is 0 Å². The van der Waals surface area contributed by atoms with Crippen molar-refractivity contribution in [3.05, 3.63) is 59.7 Å². The number of amides is 2. The summed E-state index contributed by atoms with van der Waals surface area (Å²) in [6.07, 6.45) is 1.50. The van der Waals surface area contributed by atoms with E-state index in [-0.39, 0.29) is 29.4 Å². The lowest BCUT2D eigenvalue weighted by Gasteiger charge is -2.07. The van der Waals surface area contributed by atoms with Crippen LogP contribution in [0, 0.1) is 11.8 Å². The van der Waals surface area contributed by atoms with Crippen LogP contribution in [-0.4, -0.2) is 17.6 Å². The molecule has 0 bridgehead atoms. The molecule has 1 saturated carbocycles. The quantitative estimate of drug-likeness (QED) is 0.781. The zero-order valence-electron chi connectivity index (χ0n) is 14.9. The van der Waals surface area contributed by atoms with Crippen LogP contribution in [0.4, 0.5) is 11.4 Å². The van der Waals surface area contributed by atoms with Crippen LogP contribution in [0.3, 0.4) is 0 Å². The normalized spacial score (nSPS) is 18.1. The monoisotopic (exact) mass is 350 g/mol. The van der Waals surface area contributed by atoms with Crippen molar-refractivity contribution < 1.29 is 14.4 Å². The zero-order valence-corrected chi connectivity index (χ0v) is 14.9. The van der Waals surface area contributed by atoms with Gasteiger partial charge >= 0.3 is 0 Å². The molecule has 0 aliphatic heterocycles. The molecule has 3 rings (SSSR count). The fraction of sp³-hybridized carbons (Fsp3) is 0.286. The summed E-state index contributed by atoms with van der Waals surface area (Å²) in [7, 11) is 0. The molecule has 1 fully saturated rings. The largest absolute Gasteiger partial charge is 0.326 e. The van der Waals surface area contributed by atoms with Gasteiger partial charge in [0.1, 0.15) is 0 Å². The number of hydrogen-bond acceptors (Lipinski definition) is 3. The van der Waals surface area contributed by atoms with Gasteiger partial charge in [0.15, 0.2) is 5.78 Å². The molecule has 2 amide bonds. The summed E-state index contributed by atoms with van der Waals surface area (Å²) in [5, 5.41) is 5.67.